The maximum Gasteiger partial charge on any atom is 0.326 e. The molecule has 1 aromatic carbocycles. The van der Waals surface area contributed by atoms with E-state index in [9.17, 15) is 34.2 Å². The second kappa shape index (κ2) is 13.0. The number of aliphatic hydroxyl groups is 1. The van der Waals surface area contributed by atoms with E-state index in [2.05, 4.69) is 26.3 Å². The molecule has 4 amide bonds. The Morgan fingerprint density at radius 2 is 1.82 bits per heavy atom. The van der Waals surface area contributed by atoms with E-state index in [0.717, 1.165) is 22.9 Å². The van der Waals surface area contributed by atoms with Gasteiger partial charge in [-0.05, 0) is 44.4 Å². The normalized spacial score (nSPS) is 18.2. The molecule has 0 aliphatic carbocycles. The van der Waals surface area contributed by atoms with Gasteiger partial charge in [-0.2, -0.15) is 0 Å². The predicted octanol–water partition coefficient (Wildman–Crippen LogP) is -1.35. The number of carboxylic acid groups (broad SMARTS) is 1. The molecule has 1 aromatic heterocycles. The summed E-state index contributed by atoms with van der Waals surface area (Å²) in [4.78, 5) is 64.8. The van der Waals surface area contributed by atoms with E-state index in [-0.39, 0.29) is 25.2 Å². The molecule has 1 aliphatic rings. The Hall–Kier alpha value is -3.97. The number of carbonyl (C=O) groups is 5. The highest BCUT2D eigenvalue weighted by molar-refractivity contribution is 5.95. The van der Waals surface area contributed by atoms with Crippen LogP contribution >= 0.6 is 0 Å². The summed E-state index contributed by atoms with van der Waals surface area (Å²) < 4.78 is 0. The van der Waals surface area contributed by atoms with Gasteiger partial charge in [-0.25, -0.2) is 4.79 Å². The molecular formula is C25H34N6O7. The van der Waals surface area contributed by atoms with E-state index in [1.54, 1.807) is 6.20 Å². The zero-order valence-electron chi connectivity index (χ0n) is 21.0. The number of fused-ring (bicyclic) bond motifs is 1. The molecule has 38 heavy (non-hydrogen) atoms. The standard InChI is InChI=1S/C25H34N6O7/c1-13(32)21(24(36)29-18(25(37)38)8-9-20(26)33)31-23(35)19(30-22(34)17-7-4-10-27-17)11-14-12-28-16-6-3-2-5-15(14)16/h2-3,5-6,12-13,17-19,21,27-28,32H,4,7-11H2,1H3,(H2,26,33)(H,29,36)(H,30,34)(H,31,35)(H,37,38). The number of nitrogens with two attached hydrogens (primary N) is 1. The Kier molecular flexibility index (Phi) is 9.79. The second-order valence-corrected chi connectivity index (χ2v) is 9.40. The van der Waals surface area contributed by atoms with Gasteiger partial charge in [-0.15, -0.1) is 0 Å². The third-order valence-corrected chi connectivity index (χ3v) is 6.47. The van der Waals surface area contributed by atoms with Gasteiger partial charge in [-0.1, -0.05) is 18.2 Å². The molecule has 0 radical (unpaired) electrons. The zero-order valence-corrected chi connectivity index (χ0v) is 21.0. The van der Waals surface area contributed by atoms with Crippen molar-refractivity contribution in [2.24, 2.45) is 5.73 Å². The van der Waals surface area contributed by atoms with E-state index in [1.165, 1.54) is 6.92 Å². The van der Waals surface area contributed by atoms with Crippen molar-refractivity contribution < 1.29 is 34.2 Å². The van der Waals surface area contributed by atoms with E-state index in [0.29, 0.717) is 13.0 Å². The Bertz CT molecular complexity index is 1170. The van der Waals surface area contributed by atoms with Crippen LogP contribution in [0.2, 0.25) is 0 Å². The van der Waals surface area contributed by atoms with E-state index >= 15 is 0 Å². The Morgan fingerprint density at radius 1 is 1.08 bits per heavy atom. The quantitative estimate of drug-likeness (QED) is 0.154. The number of aliphatic hydroxyl groups excluding tert-OH is 1. The predicted molar refractivity (Wildman–Crippen MR) is 137 cm³/mol. The number of carbonyl (C=O) groups excluding carboxylic acids is 4. The van der Waals surface area contributed by atoms with Gasteiger partial charge < -0.3 is 42.2 Å². The van der Waals surface area contributed by atoms with Gasteiger partial charge >= 0.3 is 5.97 Å². The first-order chi connectivity index (χ1) is 18.1. The lowest BCUT2D eigenvalue weighted by Gasteiger charge is -2.26. The van der Waals surface area contributed by atoms with Gasteiger partial charge in [0.15, 0.2) is 0 Å². The Morgan fingerprint density at radius 3 is 2.45 bits per heavy atom. The summed E-state index contributed by atoms with van der Waals surface area (Å²) in [5, 5.41) is 31.0. The number of primary amides is 1. The molecule has 206 valence electrons. The van der Waals surface area contributed by atoms with Crippen LogP contribution in [0.15, 0.2) is 30.5 Å². The van der Waals surface area contributed by atoms with Gasteiger partial charge in [0.1, 0.15) is 18.1 Å². The number of amides is 4. The first kappa shape index (κ1) is 28.6. The number of para-hydroxylation sites is 1. The molecule has 0 saturated carbocycles. The molecule has 1 saturated heterocycles. The lowest BCUT2D eigenvalue weighted by molar-refractivity contribution is -0.143. The topological polar surface area (TPSA) is 216 Å². The van der Waals surface area contributed by atoms with Crippen LogP contribution in [0, 0.1) is 0 Å². The lowest BCUT2D eigenvalue weighted by atomic mass is 10.0. The third-order valence-electron chi connectivity index (χ3n) is 6.47. The molecule has 1 aliphatic heterocycles. The molecule has 3 rings (SSSR count). The van der Waals surface area contributed by atoms with Crippen molar-refractivity contribution in [3.05, 3.63) is 36.0 Å². The lowest BCUT2D eigenvalue weighted by Crippen LogP contribution is -2.60. The largest absolute Gasteiger partial charge is 0.480 e. The number of carboxylic acids is 1. The van der Waals surface area contributed by atoms with Crippen LogP contribution in [0.4, 0.5) is 0 Å². The summed E-state index contributed by atoms with van der Waals surface area (Å²) in [5.41, 5.74) is 6.68. The van der Waals surface area contributed by atoms with Gasteiger partial charge in [-0.3, -0.25) is 19.2 Å². The molecule has 1 fully saturated rings. The third kappa shape index (κ3) is 7.52. The van der Waals surface area contributed by atoms with Crippen LogP contribution in [0.25, 0.3) is 10.9 Å². The van der Waals surface area contributed by atoms with Gasteiger partial charge in [0.2, 0.25) is 23.6 Å². The molecule has 5 unspecified atom stereocenters. The number of aromatic amines is 1. The van der Waals surface area contributed by atoms with Crippen molar-refractivity contribution in [1.82, 2.24) is 26.3 Å². The molecule has 5 atom stereocenters. The number of aliphatic carboxylic acids is 1. The average Bonchev–Trinajstić information content (AvgIpc) is 3.54. The highest BCUT2D eigenvalue weighted by Crippen LogP contribution is 2.19. The number of rotatable bonds is 13. The summed E-state index contributed by atoms with van der Waals surface area (Å²) in [6.07, 6.45) is 1.33. The van der Waals surface area contributed by atoms with Crippen LogP contribution < -0.4 is 27.0 Å². The Labute approximate surface area is 218 Å². The fourth-order valence-corrected chi connectivity index (χ4v) is 4.37. The molecule has 2 heterocycles. The minimum absolute atomic E-state index is 0.0960. The summed E-state index contributed by atoms with van der Waals surface area (Å²) in [6.45, 7) is 1.95. The van der Waals surface area contributed by atoms with Crippen molar-refractivity contribution in [1.29, 1.82) is 0 Å². The molecule has 9 N–H and O–H groups in total. The van der Waals surface area contributed by atoms with Crippen LogP contribution in [-0.2, 0) is 30.4 Å². The first-order valence-corrected chi connectivity index (χ1v) is 12.5. The van der Waals surface area contributed by atoms with Gasteiger partial charge in [0.25, 0.3) is 0 Å². The molecule has 13 nitrogen and oxygen atoms in total. The first-order valence-electron chi connectivity index (χ1n) is 12.5. The minimum atomic E-state index is -1.52. The van der Waals surface area contributed by atoms with Crippen LogP contribution in [0.1, 0.15) is 38.2 Å². The number of H-pyrrole nitrogens is 1. The molecule has 13 heteroatoms. The molecule has 0 bridgehead atoms. The van der Waals surface area contributed by atoms with E-state index < -0.39 is 54.0 Å². The summed E-state index contributed by atoms with van der Waals surface area (Å²) in [5.74, 6) is -4.19. The van der Waals surface area contributed by atoms with Crippen LogP contribution in [0.5, 0.6) is 0 Å². The highest BCUT2D eigenvalue weighted by Gasteiger charge is 2.34. The van der Waals surface area contributed by atoms with Gasteiger partial charge in [0.05, 0.1) is 12.1 Å². The highest BCUT2D eigenvalue weighted by atomic mass is 16.4. The smallest absolute Gasteiger partial charge is 0.326 e. The van der Waals surface area contributed by atoms with Crippen molar-refractivity contribution in [3.63, 3.8) is 0 Å². The summed E-state index contributed by atoms with van der Waals surface area (Å²) >= 11 is 0. The Balaban J connectivity index is 1.78. The van der Waals surface area contributed by atoms with E-state index in [1.807, 2.05) is 24.3 Å². The van der Waals surface area contributed by atoms with Crippen molar-refractivity contribution in [2.75, 3.05) is 6.54 Å². The monoisotopic (exact) mass is 530 g/mol. The maximum absolute atomic E-state index is 13.4. The van der Waals surface area contributed by atoms with Crippen molar-refractivity contribution in [3.8, 4) is 0 Å². The van der Waals surface area contributed by atoms with Crippen molar-refractivity contribution >= 4 is 40.5 Å². The molecular weight excluding hydrogens is 496 g/mol. The van der Waals surface area contributed by atoms with Gasteiger partial charge in [0, 0.05) is 29.9 Å². The fourth-order valence-electron chi connectivity index (χ4n) is 4.37. The number of hydrogen-bond acceptors (Lipinski definition) is 7. The second-order valence-electron chi connectivity index (χ2n) is 9.40. The average molecular weight is 531 g/mol. The van der Waals surface area contributed by atoms with Crippen LogP contribution in [0.3, 0.4) is 0 Å². The fraction of sp³-hybridized carbons (Fsp3) is 0.480. The minimum Gasteiger partial charge on any atom is -0.480 e. The summed E-state index contributed by atoms with van der Waals surface area (Å²) in [7, 11) is 0. The molecule has 0 spiro atoms. The zero-order chi connectivity index (χ0) is 27.8. The number of aromatic nitrogens is 1. The summed E-state index contributed by atoms with van der Waals surface area (Å²) in [6, 6.07) is 2.93. The number of hydrogen-bond donors (Lipinski definition) is 8. The number of benzene rings is 1. The van der Waals surface area contributed by atoms with E-state index in [4.69, 9.17) is 5.73 Å². The van der Waals surface area contributed by atoms with Crippen molar-refractivity contribution in [2.45, 2.75) is 69.3 Å². The number of nitrogens with one attached hydrogen (secondary N) is 5. The maximum atomic E-state index is 13.4. The van der Waals surface area contributed by atoms with Crippen LogP contribution in [-0.4, -0.2) is 81.6 Å². The SMILES string of the molecule is CC(O)C(NC(=O)C(Cc1c[nH]c2ccccc12)NC(=O)C1CCCN1)C(=O)NC(CCC(N)=O)C(=O)O. The molecule has 2 aromatic rings.